The van der Waals surface area contributed by atoms with Gasteiger partial charge in [0.25, 0.3) is 0 Å². The van der Waals surface area contributed by atoms with Gasteiger partial charge in [0, 0.05) is 5.41 Å². The van der Waals surface area contributed by atoms with Gasteiger partial charge in [0.15, 0.2) is 0 Å². The molecule has 3 heteroatoms. The van der Waals surface area contributed by atoms with E-state index in [1.807, 2.05) is 23.0 Å². The van der Waals surface area contributed by atoms with Crippen LogP contribution in [0.3, 0.4) is 0 Å². The Morgan fingerprint density at radius 3 is 2.64 bits per heavy atom. The highest BCUT2D eigenvalue weighted by molar-refractivity contribution is 14.1. The Bertz CT molecular complexity index is 121. The molecular formula is C8H13IO2. The number of rotatable bonds is 2. The van der Waals surface area contributed by atoms with Crippen LogP contribution in [0.25, 0.3) is 0 Å². The van der Waals surface area contributed by atoms with Crippen molar-refractivity contribution in [2.75, 3.05) is 13.2 Å². The molecule has 2 saturated heterocycles. The van der Waals surface area contributed by atoms with E-state index in [1.165, 1.54) is 25.7 Å². The lowest BCUT2D eigenvalue weighted by Gasteiger charge is -2.45. The zero-order valence-corrected chi connectivity index (χ0v) is 8.67. The maximum atomic E-state index is 5.65. The third-order valence-corrected chi connectivity index (χ3v) is 3.29. The zero-order chi connectivity index (χ0) is 7.73. The zero-order valence-electron chi connectivity index (χ0n) is 6.51. The van der Waals surface area contributed by atoms with E-state index in [0.717, 1.165) is 13.2 Å². The lowest BCUT2D eigenvalue weighted by atomic mass is 9.72. The Balaban J connectivity index is 2.00. The van der Waals surface area contributed by atoms with Crippen molar-refractivity contribution in [3.05, 3.63) is 0 Å². The van der Waals surface area contributed by atoms with Gasteiger partial charge in [-0.15, -0.1) is 0 Å². The maximum absolute atomic E-state index is 5.65. The van der Waals surface area contributed by atoms with Crippen molar-refractivity contribution < 1.29 is 7.80 Å². The van der Waals surface area contributed by atoms with Crippen LogP contribution in [0.15, 0.2) is 0 Å². The van der Waals surface area contributed by atoms with Gasteiger partial charge in [0.05, 0.1) is 19.3 Å². The van der Waals surface area contributed by atoms with Gasteiger partial charge in [0.1, 0.15) is 23.0 Å². The van der Waals surface area contributed by atoms with Crippen LogP contribution < -0.4 is 0 Å². The third kappa shape index (κ3) is 1.55. The van der Waals surface area contributed by atoms with Crippen LogP contribution in [0, 0.1) is 5.41 Å². The van der Waals surface area contributed by atoms with Gasteiger partial charge in [-0.2, -0.15) is 0 Å². The van der Waals surface area contributed by atoms with Crippen LogP contribution in [-0.4, -0.2) is 19.3 Å². The topological polar surface area (TPSA) is 18.5 Å². The molecule has 2 heterocycles. The van der Waals surface area contributed by atoms with E-state index in [1.54, 1.807) is 0 Å². The molecule has 0 amide bonds. The average molecular weight is 268 g/mol. The summed E-state index contributed by atoms with van der Waals surface area (Å²) < 4.78 is 10.8. The molecule has 1 saturated carbocycles. The van der Waals surface area contributed by atoms with E-state index < -0.39 is 0 Å². The minimum absolute atomic E-state index is 0.385. The quantitative estimate of drug-likeness (QED) is 0.715. The van der Waals surface area contributed by atoms with Gasteiger partial charge in [-0.1, -0.05) is 0 Å². The molecule has 3 rings (SSSR count). The van der Waals surface area contributed by atoms with Gasteiger partial charge in [-0.25, -0.2) is 0 Å². The highest BCUT2D eigenvalue weighted by Crippen LogP contribution is 2.43. The molecule has 0 radical (unpaired) electrons. The summed E-state index contributed by atoms with van der Waals surface area (Å²) in [6.45, 7) is 1.81. The van der Waals surface area contributed by atoms with E-state index in [4.69, 9.17) is 7.80 Å². The van der Waals surface area contributed by atoms with E-state index in [2.05, 4.69) is 0 Å². The van der Waals surface area contributed by atoms with Crippen LogP contribution in [0.5, 0.6) is 0 Å². The van der Waals surface area contributed by atoms with Crippen LogP contribution in [0.4, 0.5) is 0 Å². The molecule has 0 unspecified atom stereocenters. The molecule has 0 aromatic carbocycles. The van der Waals surface area contributed by atoms with Gasteiger partial charge in [-0.05, 0) is 25.7 Å². The summed E-state index contributed by atoms with van der Waals surface area (Å²) in [5.74, 6) is 0. The fraction of sp³-hybridized carbons (Fsp3) is 1.00. The average Bonchev–Trinajstić information content (AvgIpc) is 2.07. The Morgan fingerprint density at radius 2 is 2.18 bits per heavy atom. The largest absolute Gasteiger partial charge is 0.378 e. The molecular weight excluding hydrogens is 255 g/mol. The first kappa shape index (κ1) is 8.26. The van der Waals surface area contributed by atoms with Gasteiger partial charge >= 0.3 is 0 Å². The van der Waals surface area contributed by atoms with Gasteiger partial charge < -0.3 is 7.80 Å². The molecule has 2 bridgehead atoms. The molecule has 0 atom stereocenters. The lowest BCUT2D eigenvalue weighted by molar-refractivity contribution is -0.124. The van der Waals surface area contributed by atoms with Gasteiger partial charge in [0.2, 0.25) is 0 Å². The molecule has 0 aromatic heterocycles. The molecule has 2 nitrogen and oxygen atoms in total. The molecule has 0 N–H and O–H groups in total. The predicted octanol–water partition coefficient (Wildman–Crippen LogP) is 2.31. The summed E-state index contributed by atoms with van der Waals surface area (Å²) in [7, 11) is 0. The molecule has 11 heavy (non-hydrogen) atoms. The lowest BCUT2D eigenvalue weighted by Crippen LogP contribution is -2.44. The summed E-state index contributed by atoms with van der Waals surface area (Å²) in [5.41, 5.74) is 0.385. The Labute approximate surface area is 81.3 Å². The summed E-state index contributed by atoms with van der Waals surface area (Å²) >= 11 is 1.98. The number of fused-ring (bicyclic) bond motifs is 3. The summed E-state index contributed by atoms with van der Waals surface area (Å²) in [5, 5.41) is 0. The monoisotopic (exact) mass is 268 g/mol. The molecule has 2 aliphatic heterocycles. The van der Waals surface area contributed by atoms with Gasteiger partial charge in [-0.3, -0.25) is 0 Å². The molecule has 3 aliphatic rings. The Hall–Kier alpha value is 0.650. The van der Waals surface area contributed by atoms with E-state index in [-0.39, 0.29) is 0 Å². The second-order valence-electron chi connectivity index (χ2n) is 3.76. The van der Waals surface area contributed by atoms with Crippen molar-refractivity contribution in [3.63, 3.8) is 0 Å². The Kier molecular flexibility index (Phi) is 2.39. The van der Waals surface area contributed by atoms with Crippen LogP contribution in [-0.2, 0) is 7.80 Å². The summed E-state index contributed by atoms with van der Waals surface area (Å²) in [6.07, 6.45) is 5.69. The second-order valence-corrected chi connectivity index (χ2v) is 4.39. The highest BCUT2D eigenvalue weighted by Gasteiger charge is 2.41. The molecule has 1 aliphatic carbocycles. The number of ether oxygens (including phenoxy) is 1. The first-order valence-corrected chi connectivity index (χ1v) is 5.08. The maximum Gasteiger partial charge on any atom is 0.109 e. The van der Waals surface area contributed by atoms with Crippen LogP contribution in [0.2, 0.25) is 0 Å². The fourth-order valence-corrected chi connectivity index (χ4v) is 2.77. The minimum atomic E-state index is 0.385. The van der Waals surface area contributed by atoms with Crippen molar-refractivity contribution in [2.24, 2.45) is 5.41 Å². The van der Waals surface area contributed by atoms with Crippen molar-refractivity contribution in [1.29, 1.82) is 0 Å². The fourth-order valence-electron chi connectivity index (χ4n) is 2.11. The van der Waals surface area contributed by atoms with Crippen molar-refractivity contribution >= 4 is 23.0 Å². The minimum Gasteiger partial charge on any atom is -0.378 e. The second kappa shape index (κ2) is 3.18. The number of hydrogen-bond acceptors (Lipinski definition) is 2. The van der Waals surface area contributed by atoms with E-state index in [9.17, 15) is 0 Å². The smallest absolute Gasteiger partial charge is 0.109 e. The molecule has 3 fully saturated rings. The molecule has 0 spiro atoms. The predicted molar refractivity (Wildman–Crippen MR) is 50.6 cm³/mol. The highest BCUT2D eigenvalue weighted by atomic mass is 127. The van der Waals surface area contributed by atoms with E-state index in [0.29, 0.717) is 11.5 Å². The number of hydrogen-bond donors (Lipinski definition) is 0. The normalized spacial score (nSPS) is 42.8. The third-order valence-electron chi connectivity index (χ3n) is 2.98. The van der Waals surface area contributed by atoms with Crippen molar-refractivity contribution in [3.8, 4) is 0 Å². The van der Waals surface area contributed by atoms with Crippen LogP contribution >= 0.6 is 23.0 Å². The standard InChI is InChI=1S/C8H13IO2/c9-11-6-8-3-1-7(2-4-8)10-5-8/h7H,1-6H2. The summed E-state index contributed by atoms with van der Waals surface area (Å²) in [4.78, 5) is 0. The number of halogens is 1. The molecule has 0 aromatic rings. The van der Waals surface area contributed by atoms with E-state index >= 15 is 0 Å². The van der Waals surface area contributed by atoms with Crippen molar-refractivity contribution in [2.45, 2.75) is 31.8 Å². The first-order valence-electron chi connectivity index (χ1n) is 4.20. The molecule has 64 valence electrons. The van der Waals surface area contributed by atoms with Crippen molar-refractivity contribution in [1.82, 2.24) is 0 Å². The Morgan fingerprint density at radius 1 is 1.45 bits per heavy atom. The SMILES string of the molecule is IOCC12CCC(CC1)OC2. The first-order chi connectivity index (χ1) is 5.35. The van der Waals surface area contributed by atoms with Crippen LogP contribution in [0.1, 0.15) is 25.7 Å². The summed E-state index contributed by atoms with van der Waals surface area (Å²) in [6, 6.07) is 0.